The zero-order valence-electron chi connectivity index (χ0n) is 7.87. The maximum Gasteiger partial charge on any atom is 0.234 e. The Morgan fingerprint density at radius 1 is 1.36 bits per heavy atom. The molecule has 0 amide bonds. The highest BCUT2D eigenvalue weighted by Gasteiger charge is 1.93. The van der Waals surface area contributed by atoms with Crippen LogP contribution in [0.1, 0.15) is 18.4 Å². The van der Waals surface area contributed by atoms with Crippen molar-refractivity contribution < 1.29 is 4.79 Å². The molecule has 0 fully saturated rings. The standard InChI is InChI=1S/C11H12BrNO/c12-11-6-3-5-10(8-11)4-1-2-7-13-9-14/h3,5-6,8H,1-2,4,7H2. The van der Waals surface area contributed by atoms with Gasteiger partial charge in [-0.25, -0.2) is 9.79 Å². The number of hydrogen-bond donors (Lipinski definition) is 0. The summed E-state index contributed by atoms with van der Waals surface area (Å²) in [5, 5.41) is 0. The van der Waals surface area contributed by atoms with Gasteiger partial charge in [0.05, 0.1) is 6.54 Å². The van der Waals surface area contributed by atoms with Gasteiger partial charge in [-0.15, -0.1) is 0 Å². The monoisotopic (exact) mass is 253 g/mol. The molecule has 1 rings (SSSR count). The van der Waals surface area contributed by atoms with Gasteiger partial charge in [0, 0.05) is 4.47 Å². The molecule has 14 heavy (non-hydrogen) atoms. The van der Waals surface area contributed by atoms with Gasteiger partial charge in [-0.3, -0.25) is 0 Å². The Hall–Kier alpha value is -0.920. The molecule has 3 heteroatoms. The van der Waals surface area contributed by atoms with E-state index in [1.165, 1.54) is 5.56 Å². The molecule has 0 spiro atoms. The zero-order chi connectivity index (χ0) is 10.2. The lowest BCUT2D eigenvalue weighted by atomic mass is 10.1. The largest absolute Gasteiger partial charge is 0.234 e. The Bertz CT molecular complexity index is 332. The second-order valence-corrected chi connectivity index (χ2v) is 3.98. The van der Waals surface area contributed by atoms with Gasteiger partial charge in [0.2, 0.25) is 6.08 Å². The average Bonchev–Trinajstić information content (AvgIpc) is 2.18. The van der Waals surface area contributed by atoms with E-state index in [0.717, 1.165) is 23.7 Å². The predicted molar refractivity (Wildman–Crippen MR) is 60.1 cm³/mol. The minimum atomic E-state index is 0.595. The maximum absolute atomic E-state index is 9.78. The number of carbonyl (C=O) groups excluding carboxylic acids is 1. The molecular weight excluding hydrogens is 242 g/mol. The smallest absolute Gasteiger partial charge is 0.211 e. The van der Waals surface area contributed by atoms with Crippen LogP contribution in [-0.2, 0) is 11.2 Å². The van der Waals surface area contributed by atoms with Crippen molar-refractivity contribution in [3.63, 3.8) is 0 Å². The molecule has 0 aromatic heterocycles. The second kappa shape index (κ2) is 6.52. The van der Waals surface area contributed by atoms with Crippen molar-refractivity contribution in [1.29, 1.82) is 0 Å². The number of isocyanates is 1. The van der Waals surface area contributed by atoms with Crippen molar-refractivity contribution in [3.05, 3.63) is 34.3 Å². The van der Waals surface area contributed by atoms with E-state index in [-0.39, 0.29) is 0 Å². The lowest BCUT2D eigenvalue weighted by Crippen LogP contribution is -1.87. The van der Waals surface area contributed by atoms with Gasteiger partial charge < -0.3 is 0 Å². The molecule has 0 aliphatic heterocycles. The summed E-state index contributed by atoms with van der Waals surface area (Å²) in [6, 6.07) is 8.26. The van der Waals surface area contributed by atoms with Crippen molar-refractivity contribution in [2.24, 2.45) is 4.99 Å². The second-order valence-electron chi connectivity index (χ2n) is 3.06. The Morgan fingerprint density at radius 3 is 2.93 bits per heavy atom. The number of aryl methyl sites for hydroxylation is 1. The van der Waals surface area contributed by atoms with E-state index >= 15 is 0 Å². The Kier molecular flexibility index (Phi) is 5.20. The van der Waals surface area contributed by atoms with Crippen molar-refractivity contribution in [3.8, 4) is 0 Å². The van der Waals surface area contributed by atoms with Crippen LogP contribution < -0.4 is 0 Å². The van der Waals surface area contributed by atoms with Gasteiger partial charge in [-0.2, -0.15) is 0 Å². The molecule has 0 bridgehead atoms. The third-order valence-corrected chi connectivity index (χ3v) is 2.43. The number of rotatable bonds is 5. The molecule has 1 aromatic rings. The predicted octanol–water partition coefficient (Wildman–Crippen LogP) is 3.11. The first-order valence-corrected chi connectivity index (χ1v) is 5.40. The Balaban J connectivity index is 2.27. The first kappa shape index (κ1) is 11.2. The minimum absolute atomic E-state index is 0.595. The van der Waals surface area contributed by atoms with Crippen LogP contribution in [0.4, 0.5) is 0 Å². The van der Waals surface area contributed by atoms with Gasteiger partial charge in [-0.1, -0.05) is 28.1 Å². The summed E-state index contributed by atoms with van der Waals surface area (Å²) in [6.45, 7) is 0.595. The maximum atomic E-state index is 9.78. The first-order valence-electron chi connectivity index (χ1n) is 4.61. The molecule has 0 unspecified atom stereocenters. The summed E-state index contributed by atoms with van der Waals surface area (Å²) in [7, 11) is 0. The number of halogens is 1. The van der Waals surface area contributed by atoms with Crippen molar-refractivity contribution in [2.45, 2.75) is 19.3 Å². The molecule has 74 valence electrons. The van der Waals surface area contributed by atoms with Gasteiger partial charge in [0.1, 0.15) is 0 Å². The van der Waals surface area contributed by atoms with E-state index in [9.17, 15) is 4.79 Å². The van der Waals surface area contributed by atoms with Crippen LogP contribution in [0.15, 0.2) is 33.7 Å². The SMILES string of the molecule is O=C=NCCCCc1cccc(Br)c1. The van der Waals surface area contributed by atoms with Gasteiger partial charge in [-0.05, 0) is 37.0 Å². The average molecular weight is 254 g/mol. The minimum Gasteiger partial charge on any atom is -0.211 e. The van der Waals surface area contributed by atoms with Gasteiger partial charge >= 0.3 is 0 Å². The van der Waals surface area contributed by atoms with E-state index in [1.807, 2.05) is 12.1 Å². The highest BCUT2D eigenvalue weighted by molar-refractivity contribution is 9.10. The molecule has 0 N–H and O–H groups in total. The Labute approximate surface area is 92.2 Å². The van der Waals surface area contributed by atoms with Crippen LogP contribution in [-0.4, -0.2) is 12.6 Å². The number of unbranched alkanes of at least 4 members (excludes halogenated alkanes) is 1. The quantitative estimate of drug-likeness (QED) is 0.451. The zero-order valence-corrected chi connectivity index (χ0v) is 9.46. The lowest BCUT2D eigenvalue weighted by Gasteiger charge is -2.00. The summed E-state index contributed by atoms with van der Waals surface area (Å²) in [5.74, 6) is 0. The topological polar surface area (TPSA) is 29.4 Å². The summed E-state index contributed by atoms with van der Waals surface area (Å²) in [6.07, 6.45) is 4.58. The molecule has 1 aromatic carbocycles. The van der Waals surface area contributed by atoms with Crippen molar-refractivity contribution in [2.75, 3.05) is 6.54 Å². The van der Waals surface area contributed by atoms with E-state index in [1.54, 1.807) is 6.08 Å². The highest BCUT2D eigenvalue weighted by Crippen LogP contribution is 2.13. The lowest BCUT2D eigenvalue weighted by molar-refractivity contribution is 0.562. The molecule has 0 radical (unpaired) electrons. The summed E-state index contributed by atoms with van der Waals surface area (Å²) in [5.41, 5.74) is 1.31. The number of aliphatic imine (C=N–C) groups is 1. The van der Waals surface area contributed by atoms with Crippen LogP contribution in [0, 0.1) is 0 Å². The van der Waals surface area contributed by atoms with Gasteiger partial charge in [0.25, 0.3) is 0 Å². The van der Waals surface area contributed by atoms with Crippen molar-refractivity contribution >= 4 is 22.0 Å². The molecule has 0 saturated carbocycles. The third-order valence-electron chi connectivity index (χ3n) is 1.94. The van der Waals surface area contributed by atoms with E-state index in [2.05, 4.69) is 33.1 Å². The van der Waals surface area contributed by atoms with Crippen LogP contribution in [0.3, 0.4) is 0 Å². The van der Waals surface area contributed by atoms with Crippen molar-refractivity contribution in [1.82, 2.24) is 0 Å². The summed E-state index contributed by atoms with van der Waals surface area (Å²) < 4.78 is 1.11. The molecule has 0 aliphatic rings. The van der Waals surface area contributed by atoms with Crippen LogP contribution >= 0.6 is 15.9 Å². The van der Waals surface area contributed by atoms with Crippen LogP contribution in [0.5, 0.6) is 0 Å². The summed E-state index contributed by atoms with van der Waals surface area (Å²) in [4.78, 5) is 13.3. The molecule has 0 atom stereocenters. The molecule has 0 saturated heterocycles. The molecular formula is C11H12BrNO. The van der Waals surface area contributed by atoms with Gasteiger partial charge in [0.15, 0.2) is 0 Å². The first-order chi connectivity index (χ1) is 6.83. The summed E-state index contributed by atoms with van der Waals surface area (Å²) >= 11 is 3.43. The fourth-order valence-corrected chi connectivity index (χ4v) is 1.70. The van der Waals surface area contributed by atoms with E-state index < -0.39 is 0 Å². The highest BCUT2D eigenvalue weighted by atomic mass is 79.9. The molecule has 2 nitrogen and oxygen atoms in total. The molecule has 0 aliphatic carbocycles. The molecule has 0 heterocycles. The number of nitrogens with zero attached hydrogens (tertiary/aromatic N) is 1. The van der Waals surface area contributed by atoms with E-state index in [0.29, 0.717) is 6.54 Å². The van der Waals surface area contributed by atoms with Crippen LogP contribution in [0.2, 0.25) is 0 Å². The Morgan fingerprint density at radius 2 is 2.21 bits per heavy atom. The van der Waals surface area contributed by atoms with E-state index in [4.69, 9.17) is 0 Å². The third kappa shape index (κ3) is 4.35. The fraction of sp³-hybridized carbons (Fsp3) is 0.364. The fourth-order valence-electron chi connectivity index (χ4n) is 1.26. The number of hydrogen-bond acceptors (Lipinski definition) is 2. The van der Waals surface area contributed by atoms with Crippen LogP contribution in [0.25, 0.3) is 0 Å². The number of benzene rings is 1. The normalized spacial score (nSPS) is 9.50.